The zero-order valence-electron chi connectivity index (χ0n) is 9.93. The van der Waals surface area contributed by atoms with Gasteiger partial charge in [0.15, 0.2) is 11.6 Å². The lowest BCUT2D eigenvalue weighted by Crippen LogP contribution is -1.98. The molecule has 0 spiro atoms. The van der Waals surface area contributed by atoms with E-state index in [1.54, 1.807) is 0 Å². The molecule has 1 aromatic carbocycles. The molecule has 1 aliphatic rings. The van der Waals surface area contributed by atoms with E-state index >= 15 is 0 Å². The van der Waals surface area contributed by atoms with E-state index in [0.29, 0.717) is 12.5 Å². The van der Waals surface area contributed by atoms with Crippen LogP contribution in [0, 0.1) is 0 Å². The Morgan fingerprint density at radius 1 is 1.41 bits per heavy atom. The van der Waals surface area contributed by atoms with Crippen molar-refractivity contribution in [2.45, 2.75) is 25.3 Å². The quantitative estimate of drug-likeness (QED) is 0.871. The van der Waals surface area contributed by atoms with Gasteiger partial charge in [0.2, 0.25) is 0 Å². The molecule has 1 aromatic heterocycles. The number of hydrogen-bond donors (Lipinski definition) is 1. The summed E-state index contributed by atoms with van der Waals surface area (Å²) >= 11 is 0. The second-order valence-electron chi connectivity index (χ2n) is 4.60. The van der Waals surface area contributed by atoms with Crippen molar-refractivity contribution in [1.82, 2.24) is 14.8 Å². The van der Waals surface area contributed by atoms with Gasteiger partial charge in [0.1, 0.15) is 0 Å². The van der Waals surface area contributed by atoms with Crippen LogP contribution in [0.25, 0.3) is 11.4 Å². The molecule has 0 radical (unpaired) electrons. The average Bonchev–Trinajstić information content (AvgIpc) is 3.13. The predicted molar refractivity (Wildman–Crippen MR) is 66.3 cm³/mol. The summed E-state index contributed by atoms with van der Waals surface area (Å²) in [4.78, 5) is 4.63. The van der Waals surface area contributed by atoms with E-state index in [-0.39, 0.29) is 0 Å². The summed E-state index contributed by atoms with van der Waals surface area (Å²) in [5.74, 6) is 2.51. The highest BCUT2D eigenvalue weighted by Gasteiger charge is 2.28. The summed E-state index contributed by atoms with van der Waals surface area (Å²) in [7, 11) is 1.95. The third kappa shape index (κ3) is 1.96. The van der Waals surface area contributed by atoms with Gasteiger partial charge in [-0.25, -0.2) is 9.67 Å². The second-order valence-corrected chi connectivity index (χ2v) is 4.60. The topological polar surface area (TPSA) is 56.7 Å². The van der Waals surface area contributed by atoms with Crippen molar-refractivity contribution in [2.24, 2.45) is 12.8 Å². The third-order valence-corrected chi connectivity index (χ3v) is 3.14. The Kier molecular flexibility index (Phi) is 2.44. The minimum Gasteiger partial charge on any atom is -0.326 e. The van der Waals surface area contributed by atoms with E-state index < -0.39 is 0 Å². The minimum atomic E-state index is 0.557. The van der Waals surface area contributed by atoms with E-state index in [4.69, 9.17) is 5.73 Å². The molecule has 0 bridgehead atoms. The van der Waals surface area contributed by atoms with E-state index in [2.05, 4.69) is 22.2 Å². The number of nitrogens with two attached hydrogens (primary N) is 1. The SMILES string of the molecule is Cn1nc(C2CC2)nc1-c1cccc(CN)c1. The fraction of sp³-hybridized carbons (Fsp3) is 0.385. The molecule has 0 unspecified atom stereocenters. The molecule has 1 aliphatic carbocycles. The van der Waals surface area contributed by atoms with Crippen molar-refractivity contribution in [2.75, 3.05) is 0 Å². The van der Waals surface area contributed by atoms with Crippen LogP contribution in [0.1, 0.15) is 30.1 Å². The lowest BCUT2D eigenvalue weighted by Gasteiger charge is -2.02. The maximum Gasteiger partial charge on any atom is 0.158 e. The molecular formula is C13H16N4. The number of hydrogen-bond acceptors (Lipinski definition) is 3. The summed E-state index contributed by atoms with van der Waals surface area (Å²) in [5, 5.41) is 4.48. The number of benzene rings is 1. The monoisotopic (exact) mass is 228 g/mol. The zero-order valence-corrected chi connectivity index (χ0v) is 9.93. The lowest BCUT2D eigenvalue weighted by atomic mass is 10.1. The molecule has 1 saturated carbocycles. The molecule has 17 heavy (non-hydrogen) atoms. The Morgan fingerprint density at radius 2 is 2.24 bits per heavy atom. The van der Waals surface area contributed by atoms with Crippen LogP contribution in [0.3, 0.4) is 0 Å². The summed E-state index contributed by atoms with van der Waals surface area (Å²) in [6.07, 6.45) is 2.46. The van der Waals surface area contributed by atoms with Crippen LogP contribution >= 0.6 is 0 Å². The first-order valence-corrected chi connectivity index (χ1v) is 5.98. The Balaban J connectivity index is 2.01. The highest BCUT2D eigenvalue weighted by molar-refractivity contribution is 5.56. The Hall–Kier alpha value is -1.68. The molecule has 4 nitrogen and oxygen atoms in total. The van der Waals surface area contributed by atoms with Crippen LogP contribution in [0.15, 0.2) is 24.3 Å². The number of nitrogens with zero attached hydrogens (tertiary/aromatic N) is 3. The van der Waals surface area contributed by atoms with E-state index in [0.717, 1.165) is 22.8 Å². The predicted octanol–water partition coefficient (Wildman–Crippen LogP) is 1.82. The van der Waals surface area contributed by atoms with Gasteiger partial charge in [-0.2, -0.15) is 5.10 Å². The van der Waals surface area contributed by atoms with Gasteiger partial charge in [-0.15, -0.1) is 0 Å². The maximum absolute atomic E-state index is 5.66. The number of aromatic nitrogens is 3. The van der Waals surface area contributed by atoms with Crippen LogP contribution < -0.4 is 5.73 Å². The lowest BCUT2D eigenvalue weighted by molar-refractivity contribution is 0.750. The first kappa shape index (κ1) is 10.5. The van der Waals surface area contributed by atoms with Gasteiger partial charge in [-0.05, 0) is 24.5 Å². The van der Waals surface area contributed by atoms with Gasteiger partial charge >= 0.3 is 0 Å². The highest BCUT2D eigenvalue weighted by Crippen LogP contribution is 2.38. The number of rotatable bonds is 3. The van der Waals surface area contributed by atoms with Gasteiger partial charge in [-0.3, -0.25) is 0 Å². The summed E-state index contributed by atoms with van der Waals surface area (Å²) in [6, 6.07) is 8.19. The fourth-order valence-corrected chi connectivity index (χ4v) is 2.01. The average molecular weight is 228 g/mol. The standard InChI is InChI=1S/C13H16N4/c1-17-13(15-12(16-17)10-5-6-10)11-4-2-3-9(7-11)8-14/h2-4,7,10H,5-6,8,14H2,1H3. The van der Waals surface area contributed by atoms with E-state index in [1.165, 1.54) is 12.8 Å². The van der Waals surface area contributed by atoms with E-state index in [9.17, 15) is 0 Å². The smallest absolute Gasteiger partial charge is 0.158 e. The Labute approximate surface area is 100 Å². The van der Waals surface area contributed by atoms with Gasteiger partial charge in [0.25, 0.3) is 0 Å². The molecule has 4 heteroatoms. The van der Waals surface area contributed by atoms with Gasteiger partial charge in [-0.1, -0.05) is 18.2 Å². The molecule has 1 fully saturated rings. The van der Waals surface area contributed by atoms with Crippen LogP contribution in [0.4, 0.5) is 0 Å². The largest absolute Gasteiger partial charge is 0.326 e. The van der Waals surface area contributed by atoms with Crippen molar-refractivity contribution in [3.63, 3.8) is 0 Å². The molecule has 2 N–H and O–H groups in total. The highest BCUT2D eigenvalue weighted by atomic mass is 15.3. The maximum atomic E-state index is 5.66. The van der Waals surface area contributed by atoms with Crippen LogP contribution in [-0.2, 0) is 13.6 Å². The van der Waals surface area contributed by atoms with Crippen molar-refractivity contribution >= 4 is 0 Å². The molecule has 0 atom stereocenters. The summed E-state index contributed by atoms with van der Waals surface area (Å²) in [5.41, 5.74) is 7.87. The third-order valence-electron chi connectivity index (χ3n) is 3.14. The molecule has 0 amide bonds. The fourth-order valence-electron chi connectivity index (χ4n) is 2.01. The van der Waals surface area contributed by atoms with E-state index in [1.807, 2.05) is 23.9 Å². The van der Waals surface area contributed by atoms with Crippen LogP contribution in [0.5, 0.6) is 0 Å². The zero-order chi connectivity index (χ0) is 11.8. The van der Waals surface area contributed by atoms with Crippen LogP contribution in [0.2, 0.25) is 0 Å². The molecule has 3 rings (SSSR count). The molecule has 88 valence electrons. The molecule has 0 aliphatic heterocycles. The number of aryl methyl sites for hydroxylation is 1. The molecule has 2 aromatic rings. The Bertz CT molecular complexity index is 540. The van der Waals surface area contributed by atoms with Gasteiger partial charge in [0, 0.05) is 25.1 Å². The first-order chi connectivity index (χ1) is 8.28. The summed E-state index contributed by atoms with van der Waals surface area (Å²) < 4.78 is 1.86. The Morgan fingerprint density at radius 3 is 2.94 bits per heavy atom. The van der Waals surface area contributed by atoms with Crippen molar-refractivity contribution in [3.8, 4) is 11.4 Å². The summed E-state index contributed by atoms with van der Waals surface area (Å²) in [6.45, 7) is 0.557. The second kappa shape index (κ2) is 3.96. The molecule has 0 saturated heterocycles. The van der Waals surface area contributed by atoms with Gasteiger partial charge in [0.05, 0.1) is 0 Å². The van der Waals surface area contributed by atoms with Crippen molar-refractivity contribution < 1.29 is 0 Å². The normalized spacial score (nSPS) is 15.2. The molecule has 1 heterocycles. The minimum absolute atomic E-state index is 0.557. The van der Waals surface area contributed by atoms with Crippen molar-refractivity contribution in [3.05, 3.63) is 35.7 Å². The van der Waals surface area contributed by atoms with Crippen LogP contribution in [-0.4, -0.2) is 14.8 Å². The molecular weight excluding hydrogens is 212 g/mol. The first-order valence-electron chi connectivity index (χ1n) is 5.98. The van der Waals surface area contributed by atoms with Crippen molar-refractivity contribution in [1.29, 1.82) is 0 Å². The van der Waals surface area contributed by atoms with Gasteiger partial charge < -0.3 is 5.73 Å².